The number of nitrogens with zero attached hydrogens (tertiary/aromatic N) is 2. The predicted octanol–water partition coefficient (Wildman–Crippen LogP) is 1.62. The normalized spacial score (nSPS) is 10.0. The molecule has 0 aromatic carbocycles. The third-order valence-electron chi connectivity index (χ3n) is 2.77. The molecule has 0 aliphatic rings. The molecule has 124 valence electrons. The van der Waals surface area contributed by atoms with E-state index in [-0.39, 0.29) is 37.3 Å². The summed E-state index contributed by atoms with van der Waals surface area (Å²) in [7, 11) is 0. The lowest BCUT2D eigenvalue weighted by atomic mass is 10.1. The lowest BCUT2D eigenvalue weighted by molar-refractivity contribution is -0.143. The van der Waals surface area contributed by atoms with Crippen molar-refractivity contribution in [3.8, 4) is 0 Å². The zero-order valence-corrected chi connectivity index (χ0v) is 14.1. The first-order valence-electron chi connectivity index (χ1n) is 7.07. The number of aromatic nitrogens is 1. The number of hydrogen-bond donors (Lipinski definition) is 1. The summed E-state index contributed by atoms with van der Waals surface area (Å²) < 4.78 is 4.92. The smallest absolute Gasteiger partial charge is 0.325 e. The third-order valence-corrected chi connectivity index (χ3v) is 2.77. The monoisotopic (exact) mass is 329 g/mol. The van der Waals surface area contributed by atoms with Crippen molar-refractivity contribution >= 4 is 24.3 Å². The van der Waals surface area contributed by atoms with E-state index in [4.69, 9.17) is 10.5 Å². The average Bonchev–Trinajstić information content (AvgIpc) is 2.45. The minimum Gasteiger partial charge on any atom is -0.465 e. The van der Waals surface area contributed by atoms with Gasteiger partial charge in [-0.05, 0) is 25.0 Å². The van der Waals surface area contributed by atoms with E-state index in [1.807, 2.05) is 13.8 Å². The lowest BCUT2D eigenvalue weighted by Gasteiger charge is -2.23. The Kier molecular flexibility index (Phi) is 9.37. The zero-order chi connectivity index (χ0) is 15.8. The summed E-state index contributed by atoms with van der Waals surface area (Å²) in [6, 6.07) is 3.28. The molecule has 0 fully saturated rings. The van der Waals surface area contributed by atoms with Gasteiger partial charge in [0.05, 0.1) is 12.3 Å². The van der Waals surface area contributed by atoms with Gasteiger partial charge in [-0.2, -0.15) is 0 Å². The molecule has 0 atom stereocenters. The fourth-order valence-corrected chi connectivity index (χ4v) is 1.93. The Morgan fingerprint density at radius 3 is 2.64 bits per heavy atom. The van der Waals surface area contributed by atoms with E-state index < -0.39 is 5.97 Å². The highest BCUT2D eigenvalue weighted by Gasteiger charge is 2.20. The fraction of sp³-hybridized carbons (Fsp3) is 0.533. The van der Waals surface area contributed by atoms with E-state index in [9.17, 15) is 9.59 Å². The van der Waals surface area contributed by atoms with E-state index >= 15 is 0 Å². The van der Waals surface area contributed by atoms with Gasteiger partial charge in [-0.3, -0.25) is 14.6 Å². The van der Waals surface area contributed by atoms with Gasteiger partial charge in [0, 0.05) is 24.8 Å². The van der Waals surface area contributed by atoms with Crippen molar-refractivity contribution in [1.29, 1.82) is 0 Å². The first kappa shape index (κ1) is 20.3. The molecule has 6 nitrogen and oxygen atoms in total. The van der Waals surface area contributed by atoms with Crippen LogP contribution in [0.2, 0.25) is 0 Å². The number of carbonyl (C=O) groups excluding carboxylic acids is 2. The number of esters is 1. The molecule has 1 amide bonds. The number of halogens is 1. The topological polar surface area (TPSA) is 85.5 Å². The van der Waals surface area contributed by atoms with Crippen molar-refractivity contribution in [3.05, 3.63) is 29.6 Å². The first-order valence-corrected chi connectivity index (χ1v) is 7.07. The maximum atomic E-state index is 12.5. The Bertz CT molecular complexity index is 495. The second kappa shape index (κ2) is 10.1. The van der Waals surface area contributed by atoms with Crippen molar-refractivity contribution < 1.29 is 14.3 Å². The minimum atomic E-state index is -0.403. The Morgan fingerprint density at radius 1 is 1.41 bits per heavy atom. The average molecular weight is 330 g/mol. The molecule has 0 saturated heterocycles. The van der Waals surface area contributed by atoms with Gasteiger partial charge in [0.15, 0.2) is 0 Å². The summed E-state index contributed by atoms with van der Waals surface area (Å²) in [6.07, 6.45) is 1.55. The second-order valence-corrected chi connectivity index (χ2v) is 5.12. The molecular weight excluding hydrogens is 306 g/mol. The number of rotatable bonds is 7. The third kappa shape index (κ3) is 6.41. The second-order valence-electron chi connectivity index (χ2n) is 5.12. The molecule has 0 aliphatic carbocycles. The molecule has 0 aliphatic heterocycles. The van der Waals surface area contributed by atoms with E-state index in [1.165, 1.54) is 4.90 Å². The van der Waals surface area contributed by atoms with E-state index in [2.05, 4.69) is 4.98 Å². The van der Waals surface area contributed by atoms with Crippen molar-refractivity contribution in [2.45, 2.75) is 27.3 Å². The van der Waals surface area contributed by atoms with E-state index in [0.29, 0.717) is 24.4 Å². The predicted molar refractivity (Wildman–Crippen MR) is 86.8 cm³/mol. The van der Waals surface area contributed by atoms with Crippen molar-refractivity contribution in [3.63, 3.8) is 0 Å². The van der Waals surface area contributed by atoms with Crippen LogP contribution in [0, 0.1) is 5.92 Å². The van der Waals surface area contributed by atoms with Gasteiger partial charge in [0.2, 0.25) is 0 Å². The molecule has 1 aromatic heterocycles. The summed E-state index contributed by atoms with van der Waals surface area (Å²) >= 11 is 0. The number of hydrogen-bond acceptors (Lipinski definition) is 5. The molecule has 1 aromatic rings. The Morgan fingerprint density at radius 2 is 2.09 bits per heavy atom. The van der Waals surface area contributed by atoms with Crippen LogP contribution in [0.15, 0.2) is 18.3 Å². The van der Waals surface area contributed by atoms with Crippen LogP contribution in [0.4, 0.5) is 0 Å². The highest BCUT2D eigenvalue weighted by Crippen LogP contribution is 2.09. The number of nitrogens with two attached hydrogens (primary N) is 1. The number of amides is 1. The van der Waals surface area contributed by atoms with Crippen LogP contribution < -0.4 is 5.73 Å². The molecule has 0 bridgehead atoms. The van der Waals surface area contributed by atoms with Gasteiger partial charge in [-0.25, -0.2) is 0 Å². The van der Waals surface area contributed by atoms with Gasteiger partial charge >= 0.3 is 5.97 Å². The van der Waals surface area contributed by atoms with Crippen LogP contribution in [0.3, 0.4) is 0 Å². The first-order chi connectivity index (χ1) is 9.97. The summed E-state index contributed by atoms with van der Waals surface area (Å²) in [4.78, 5) is 29.7. The van der Waals surface area contributed by atoms with E-state index in [0.717, 1.165) is 0 Å². The van der Waals surface area contributed by atoms with E-state index in [1.54, 1.807) is 25.3 Å². The number of carbonyl (C=O) groups is 2. The molecule has 1 rings (SSSR count). The number of pyridine rings is 1. The quantitative estimate of drug-likeness (QED) is 0.768. The van der Waals surface area contributed by atoms with Crippen molar-refractivity contribution in [1.82, 2.24) is 9.88 Å². The lowest BCUT2D eigenvalue weighted by Crippen LogP contribution is -2.39. The summed E-state index contributed by atoms with van der Waals surface area (Å²) in [5.41, 5.74) is 6.66. The minimum absolute atomic E-state index is 0. The zero-order valence-electron chi connectivity index (χ0n) is 13.2. The summed E-state index contributed by atoms with van der Waals surface area (Å²) in [6.45, 7) is 6.72. The summed E-state index contributed by atoms with van der Waals surface area (Å²) in [5.74, 6) is -0.368. The van der Waals surface area contributed by atoms with Crippen LogP contribution in [-0.2, 0) is 16.1 Å². The Balaban J connectivity index is 0.00000441. The van der Waals surface area contributed by atoms with Gasteiger partial charge in [-0.1, -0.05) is 13.8 Å². The highest BCUT2D eigenvalue weighted by molar-refractivity contribution is 5.96. The maximum absolute atomic E-state index is 12.5. The van der Waals surface area contributed by atoms with Crippen LogP contribution in [0.25, 0.3) is 0 Å². The molecule has 1 heterocycles. The van der Waals surface area contributed by atoms with Crippen LogP contribution in [0.1, 0.15) is 36.8 Å². The van der Waals surface area contributed by atoms with Crippen molar-refractivity contribution in [2.75, 3.05) is 19.7 Å². The Labute approximate surface area is 137 Å². The SMILES string of the molecule is CCOC(=O)CN(CC(C)C)C(=O)c1ccnc(CN)c1.Cl. The van der Waals surface area contributed by atoms with Gasteiger partial charge in [0.1, 0.15) is 6.54 Å². The summed E-state index contributed by atoms with van der Waals surface area (Å²) in [5, 5.41) is 0. The van der Waals surface area contributed by atoms with Gasteiger partial charge in [-0.15, -0.1) is 12.4 Å². The van der Waals surface area contributed by atoms with Crippen LogP contribution in [0.5, 0.6) is 0 Å². The molecule has 2 N–H and O–H groups in total. The molecule has 0 unspecified atom stereocenters. The van der Waals surface area contributed by atoms with Crippen LogP contribution >= 0.6 is 12.4 Å². The molecule has 22 heavy (non-hydrogen) atoms. The molecular formula is C15H24ClN3O3. The molecule has 7 heteroatoms. The molecule has 0 saturated carbocycles. The Hall–Kier alpha value is -1.66. The standard InChI is InChI=1S/C15H23N3O3.ClH/c1-4-21-14(19)10-18(9-11(2)3)15(20)12-5-6-17-13(7-12)8-16;/h5-7,11H,4,8-10,16H2,1-3H3;1H. The van der Waals surface area contributed by atoms with Crippen molar-refractivity contribution in [2.24, 2.45) is 11.7 Å². The fourth-order valence-electron chi connectivity index (χ4n) is 1.93. The van der Waals surface area contributed by atoms with Gasteiger partial charge in [0.25, 0.3) is 5.91 Å². The van der Waals surface area contributed by atoms with Gasteiger partial charge < -0.3 is 15.4 Å². The van der Waals surface area contributed by atoms with Crippen LogP contribution in [-0.4, -0.2) is 41.5 Å². The molecule has 0 spiro atoms. The largest absolute Gasteiger partial charge is 0.465 e. The molecule has 0 radical (unpaired) electrons. The highest BCUT2D eigenvalue weighted by atomic mass is 35.5. The number of ether oxygens (including phenoxy) is 1. The maximum Gasteiger partial charge on any atom is 0.325 e.